The number of aryl methyl sites for hydroxylation is 1. The van der Waals surface area contributed by atoms with E-state index in [0.717, 1.165) is 34.6 Å². The van der Waals surface area contributed by atoms with E-state index in [1.54, 1.807) is 30.9 Å². The lowest BCUT2D eigenvalue weighted by molar-refractivity contribution is -0.137. The Kier molecular flexibility index (Phi) is 5.72. The number of anilines is 4. The first-order valence-corrected chi connectivity index (χ1v) is 10.0. The van der Waals surface area contributed by atoms with Crippen molar-refractivity contribution in [1.82, 2.24) is 15.0 Å². The summed E-state index contributed by atoms with van der Waals surface area (Å²) in [5, 5.41) is 5.22. The predicted molar refractivity (Wildman–Crippen MR) is 116 cm³/mol. The maximum Gasteiger partial charge on any atom is 0.416 e. The number of hydrogen-bond acceptors (Lipinski definition) is 7. The van der Waals surface area contributed by atoms with Crippen LogP contribution in [0.25, 0.3) is 11.3 Å². The molecule has 0 amide bonds. The Labute approximate surface area is 180 Å². The van der Waals surface area contributed by atoms with Crippen molar-refractivity contribution in [2.75, 3.05) is 16.2 Å². The molecule has 6 nitrogen and oxygen atoms in total. The van der Waals surface area contributed by atoms with Gasteiger partial charge in [0.25, 0.3) is 0 Å². The van der Waals surface area contributed by atoms with Gasteiger partial charge in [-0.15, -0.1) is 11.3 Å². The van der Waals surface area contributed by atoms with Crippen LogP contribution in [-0.4, -0.2) is 15.0 Å². The van der Waals surface area contributed by atoms with Gasteiger partial charge >= 0.3 is 6.18 Å². The van der Waals surface area contributed by atoms with Crippen LogP contribution in [0.3, 0.4) is 0 Å². The van der Waals surface area contributed by atoms with Crippen LogP contribution in [0, 0.1) is 6.92 Å². The maximum atomic E-state index is 12.9. The first-order chi connectivity index (χ1) is 14.9. The molecule has 4 aromatic rings. The molecule has 0 saturated carbocycles. The molecule has 158 valence electrons. The molecule has 0 aliphatic rings. The van der Waals surface area contributed by atoms with Gasteiger partial charge in [-0.05, 0) is 42.8 Å². The summed E-state index contributed by atoms with van der Waals surface area (Å²) in [7, 11) is 0. The first kappa shape index (κ1) is 20.6. The van der Waals surface area contributed by atoms with Crippen molar-refractivity contribution in [3.05, 3.63) is 77.7 Å². The van der Waals surface area contributed by atoms with Crippen LogP contribution in [-0.2, 0) is 6.18 Å². The van der Waals surface area contributed by atoms with Gasteiger partial charge in [0.05, 0.1) is 35.0 Å². The van der Waals surface area contributed by atoms with Crippen molar-refractivity contribution in [2.45, 2.75) is 13.1 Å². The number of thiazole rings is 1. The van der Waals surface area contributed by atoms with Gasteiger partial charge in [-0.25, -0.2) is 4.98 Å². The fourth-order valence-electron chi connectivity index (χ4n) is 2.78. The largest absolute Gasteiger partial charge is 0.416 e. The van der Waals surface area contributed by atoms with E-state index < -0.39 is 11.7 Å². The van der Waals surface area contributed by atoms with Gasteiger partial charge in [-0.3, -0.25) is 20.8 Å². The van der Waals surface area contributed by atoms with Gasteiger partial charge in [0, 0.05) is 29.0 Å². The lowest BCUT2D eigenvalue weighted by atomic mass is 10.2. The van der Waals surface area contributed by atoms with Crippen LogP contribution in [0.1, 0.15) is 11.1 Å². The van der Waals surface area contributed by atoms with Crippen LogP contribution in [0.5, 0.6) is 0 Å². The Morgan fingerprint density at radius 3 is 2.35 bits per heavy atom. The monoisotopic (exact) mass is 442 g/mol. The molecular formula is C21H17F3N6S. The van der Waals surface area contributed by atoms with Crippen LogP contribution >= 0.6 is 11.3 Å². The van der Waals surface area contributed by atoms with Gasteiger partial charge in [0.1, 0.15) is 0 Å². The van der Waals surface area contributed by atoms with Crippen LogP contribution in [0.4, 0.5) is 35.4 Å². The summed E-state index contributed by atoms with van der Waals surface area (Å²) in [5.74, 6) is 0. The third kappa shape index (κ3) is 5.28. The summed E-state index contributed by atoms with van der Waals surface area (Å²) in [4.78, 5) is 12.8. The molecule has 0 radical (unpaired) electrons. The zero-order valence-electron chi connectivity index (χ0n) is 16.2. The summed E-state index contributed by atoms with van der Waals surface area (Å²) in [6, 6.07) is 8.82. The minimum Gasteiger partial charge on any atom is -0.332 e. The number of alkyl halides is 3. The Morgan fingerprint density at radius 2 is 1.61 bits per heavy atom. The summed E-state index contributed by atoms with van der Waals surface area (Å²) in [6.45, 7) is 1.95. The number of halogens is 3. The standard InChI is InChI=1S/C21H17F3N6S/c1-13-5-17(10-25-8-13)29-30-18-6-14(9-26-11-18)19-12-31-20(28-19)27-16-4-2-3-15(7-16)21(22,23)24/h2-12,29-30H,1H3,(H,27,28). The highest BCUT2D eigenvalue weighted by Gasteiger charge is 2.30. The van der Waals surface area contributed by atoms with Crippen LogP contribution < -0.4 is 16.2 Å². The number of hydrazine groups is 1. The van der Waals surface area contributed by atoms with Crippen molar-refractivity contribution in [3.63, 3.8) is 0 Å². The number of nitrogens with zero attached hydrogens (tertiary/aromatic N) is 3. The lowest BCUT2D eigenvalue weighted by Gasteiger charge is -2.10. The molecule has 3 aromatic heterocycles. The summed E-state index contributed by atoms with van der Waals surface area (Å²) >= 11 is 1.29. The number of nitrogens with one attached hydrogen (secondary N) is 3. The molecule has 3 heterocycles. The molecule has 0 fully saturated rings. The Hall–Kier alpha value is -3.66. The number of rotatable bonds is 6. The molecule has 10 heteroatoms. The number of pyridine rings is 2. The molecule has 4 rings (SSSR count). The second-order valence-corrected chi connectivity index (χ2v) is 7.56. The van der Waals surface area contributed by atoms with E-state index in [0.29, 0.717) is 16.5 Å². The van der Waals surface area contributed by atoms with E-state index in [4.69, 9.17) is 0 Å². The molecule has 0 aliphatic carbocycles. The van der Waals surface area contributed by atoms with Gasteiger partial charge in [0.2, 0.25) is 0 Å². The third-order valence-corrected chi connectivity index (χ3v) is 4.96. The molecule has 1 aromatic carbocycles. The van der Waals surface area contributed by atoms with Gasteiger partial charge in [0.15, 0.2) is 5.13 Å². The Balaban J connectivity index is 1.46. The minimum absolute atomic E-state index is 0.320. The highest BCUT2D eigenvalue weighted by Crippen LogP contribution is 2.32. The Bertz CT molecular complexity index is 1190. The summed E-state index contributed by atoms with van der Waals surface area (Å²) in [6.07, 6.45) is 2.40. The molecule has 0 bridgehead atoms. The predicted octanol–water partition coefficient (Wildman–Crippen LogP) is 6.11. The van der Waals surface area contributed by atoms with Crippen molar-refractivity contribution >= 4 is 33.5 Å². The third-order valence-electron chi connectivity index (χ3n) is 4.21. The number of benzene rings is 1. The second-order valence-electron chi connectivity index (χ2n) is 6.70. The molecule has 0 saturated heterocycles. The Morgan fingerprint density at radius 1 is 0.871 bits per heavy atom. The highest BCUT2D eigenvalue weighted by atomic mass is 32.1. The SMILES string of the molecule is Cc1cncc(NNc2cncc(-c3csc(Nc4cccc(C(F)(F)F)c4)n3)c2)c1. The molecule has 31 heavy (non-hydrogen) atoms. The molecule has 3 N–H and O–H groups in total. The van der Waals surface area contributed by atoms with Crippen LogP contribution in [0.2, 0.25) is 0 Å². The first-order valence-electron chi connectivity index (χ1n) is 9.16. The van der Waals surface area contributed by atoms with E-state index in [1.165, 1.54) is 17.4 Å². The topological polar surface area (TPSA) is 74.8 Å². The molecule has 0 spiro atoms. The fourth-order valence-corrected chi connectivity index (χ4v) is 3.52. The second kappa shape index (κ2) is 8.60. The van der Waals surface area contributed by atoms with E-state index in [1.807, 2.05) is 24.4 Å². The van der Waals surface area contributed by atoms with E-state index >= 15 is 0 Å². The zero-order chi connectivity index (χ0) is 21.8. The van der Waals surface area contributed by atoms with E-state index in [9.17, 15) is 13.2 Å². The minimum atomic E-state index is -4.40. The fraction of sp³-hybridized carbons (Fsp3) is 0.0952. The van der Waals surface area contributed by atoms with Crippen molar-refractivity contribution in [1.29, 1.82) is 0 Å². The molecular weight excluding hydrogens is 425 g/mol. The van der Waals surface area contributed by atoms with Gasteiger partial charge in [-0.2, -0.15) is 13.2 Å². The molecule has 0 unspecified atom stereocenters. The van der Waals surface area contributed by atoms with Gasteiger partial charge in [-0.1, -0.05) is 6.07 Å². The number of hydrogen-bond donors (Lipinski definition) is 3. The van der Waals surface area contributed by atoms with Gasteiger partial charge < -0.3 is 5.32 Å². The van der Waals surface area contributed by atoms with E-state index in [-0.39, 0.29) is 0 Å². The smallest absolute Gasteiger partial charge is 0.332 e. The molecule has 0 atom stereocenters. The maximum absolute atomic E-state index is 12.9. The average Bonchev–Trinajstić information content (AvgIpc) is 3.21. The van der Waals surface area contributed by atoms with Crippen molar-refractivity contribution in [3.8, 4) is 11.3 Å². The number of aromatic nitrogens is 3. The van der Waals surface area contributed by atoms with Crippen molar-refractivity contribution < 1.29 is 13.2 Å². The zero-order valence-corrected chi connectivity index (χ0v) is 17.1. The normalized spacial score (nSPS) is 11.2. The lowest BCUT2D eigenvalue weighted by Crippen LogP contribution is -2.09. The summed E-state index contributed by atoms with van der Waals surface area (Å²) in [5.41, 5.74) is 9.72. The highest BCUT2D eigenvalue weighted by molar-refractivity contribution is 7.14. The average molecular weight is 442 g/mol. The summed E-state index contributed by atoms with van der Waals surface area (Å²) < 4.78 is 38.7. The van der Waals surface area contributed by atoms with Crippen molar-refractivity contribution in [2.24, 2.45) is 0 Å². The quantitative estimate of drug-likeness (QED) is 0.313. The van der Waals surface area contributed by atoms with E-state index in [2.05, 4.69) is 31.1 Å². The molecule has 0 aliphatic heterocycles. The van der Waals surface area contributed by atoms with Crippen LogP contribution in [0.15, 0.2) is 66.6 Å².